The van der Waals surface area contributed by atoms with E-state index in [1.54, 1.807) is 20.8 Å². The van der Waals surface area contributed by atoms with Crippen molar-refractivity contribution >= 4 is 23.8 Å². The number of rotatable bonds is 9. The molecule has 12 heteroatoms. The van der Waals surface area contributed by atoms with Gasteiger partial charge in [0.1, 0.15) is 12.7 Å². The summed E-state index contributed by atoms with van der Waals surface area (Å²) in [4.78, 5) is 54.6. The lowest BCUT2D eigenvalue weighted by Crippen LogP contribution is -2.46. The average molecular weight is 497 g/mol. The zero-order chi connectivity index (χ0) is 26.1. The van der Waals surface area contributed by atoms with E-state index in [1.165, 1.54) is 26.3 Å². The van der Waals surface area contributed by atoms with Crippen LogP contribution in [0.3, 0.4) is 0 Å². The molecule has 0 aromatic carbocycles. The zero-order valence-electron chi connectivity index (χ0n) is 20.4. The first-order valence-electron chi connectivity index (χ1n) is 11.3. The van der Waals surface area contributed by atoms with E-state index in [0.29, 0.717) is 6.61 Å². The first kappa shape index (κ1) is 27.8. The van der Waals surface area contributed by atoms with Crippen molar-refractivity contribution in [3.8, 4) is 11.5 Å². The van der Waals surface area contributed by atoms with E-state index in [9.17, 15) is 24.3 Å². The Morgan fingerprint density at radius 3 is 2.63 bits per heavy atom. The number of methoxy groups -OCH3 is 1. The van der Waals surface area contributed by atoms with E-state index in [2.05, 4.69) is 10.3 Å². The molecule has 35 heavy (non-hydrogen) atoms. The Kier molecular flexibility index (Phi) is 10.2. The van der Waals surface area contributed by atoms with Crippen molar-refractivity contribution in [3.05, 3.63) is 18.0 Å². The Bertz CT molecular complexity index is 920. The number of ether oxygens (including phenoxy) is 5. The maximum Gasteiger partial charge on any atom is 0.332 e. The molecule has 0 bridgehead atoms. The lowest BCUT2D eigenvalue weighted by molar-refractivity contribution is -0.177. The van der Waals surface area contributed by atoms with Crippen LogP contribution in [0.2, 0.25) is 0 Å². The number of carbonyl (C=O) groups excluding carboxylic acids is 4. The van der Waals surface area contributed by atoms with Gasteiger partial charge in [-0.2, -0.15) is 0 Å². The van der Waals surface area contributed by atoms with Crippen LogP contribution in [-0.4, -0.2) is 79.1 Å². The normalized spacial score (nSPS) is 22.8. The van der Waals surface area contributed by atoms with Gasteiger partial charge in [0.15, 0.2) is 29.3 Å². The first-order chi connectivity index (χ1) is 16.6. The number of hydrogen-bond acceptors (Lipinski definition) is 11. The van der Waals surface area contributed by atoms with Gasteiger partial charge in [0.2, 0.25) is 0 Å². The number of hydrogen-bond donors (Lipinski definition) is 2. The van der Waals surface area contributed by atoms with Gasteiger partial charge < -0.3 is 34.1 Å². The highest BCUT2D eigenvalue weighted by Crippen LogP contribution is 2.28. The molecule has 1 fully saturated rings. The van der Waals surface area contributed by atoms with Crippen molar-refractivity contribution < 1.29 is 48.0 Å². The van der Waals surface area contributed by atoms with Gasteiger partial charge in [-0.05, 0) is 20.3 Å². The van der Waals surface area contributed by atoms with Gasteiger partial charge in [-0.3, -0.25) is 14.4 Å². The number of nitrogens with one attached hydrogen (secondary N) is 1. The lowest BCUT2D eigenvalue weighted by Gasteiger charge is -2.29. The number of cyclic esters (lactones) is 2. The number of pyridine rings is 1. The van der Waals surface area contributed by atoms with Crippen molar-refractivity contribution in [1.82, 2.24) is 10.3 Å². The fraction of sp³-hybridized carbons (Fsp3) is 0.609. The predicted molar refractivity (Wildman–Crippen MR) is 120 cm³/mol. The molecule has 12 nitrogen and oxygen atoms in total. The van der Waals surface area contributed by atoms with Gasteiger partial charge in [-0.1, -0.05) is 13.8 Å². The molecule has 1 aromatic heterocycles. The van der Waals surface area contributed by atoms with Crippen LogP contribution in [-0.2, 0) is 33.3 Å². The summed E-state index contributed by atoms with van der Waals surface area (Å²) in [6, 6.07) is -0.0569. The molecule has 2 N–H and O–H groups in total. The average Bonchev–Trinajstić information content (AvgIpc) is 2.85. The molecule has 2 rings (SSSR count). The summed E-state index contributed by atoms with van der Waals surface area (Å²) in [5.74, 6) is -5.11. The molecule has 1 aliphatic rings. The molecule has 2 heterocycles. The van der Waals surface area contributed by atoms with Crippen LogP contribution < -0.4 is 10.1 Å². The van der Waals surface area contributed by atoms with Crippen molar-refractivity contribution in [3.63, 3.8) is 0 Å². The van der Waals surface area contributed by atoms with Gasteiger partial charge in [0.25, 0.3) is 5.91 Å². The SMILES string of the molecule is CCOCC[C@H]1C(=O)OC[C@H](NC(=O)c2nccc(OC)c2O)C(=O)O[C@@H](C)[C@@H]1OC(=O)C(C)C. The molecule has 1 saturated heterocycles. The number of aromatic nitrogens is 1. The standard InChI is InChI=1S/C23H32N2O10/c1-6-32-10-8-14-19(35-21(28)12(2)3)13(4)34-23(30)15(11-33-22(14)29)25-20(27)17-18(26)16(31-5)7-9-24-17/h7,9,12-15,19,26H,6,8,10-11H2,1-5H3,(H,25,27)/t13-,14+,15-,19-/m0/s1. The van der Waals surface area contributed by atoms with E-state index in [0.717, 1.165) is 0 Å². The molecule has 4 atom stereocenters. The highest BCUT2D eigenvalue weighted by atomic mass is 16.6. The highest BCUT2D eigenvalue weighted by molar-refractivity contribution is 5.98. The Hall–Kier alpha value is -3.41. The van der Waals surface area contributed by atoms with Crippen LogP contribution in [0.5, 0.6) is 11.5 Å². The number of carbonyl (C=O) groups is 4. The second kappa shape index (κ2) is 12.9. The smallest absolute Gasteiger partial charge is 0.332 e. The summed E-state index contributed by atoms with van der Waals surface area (Å²) in [6.45, 7) is 6.61. The Balaban J connectivity index is 2.28. The minimum Gasteiger partial charge on any atom is -0.503 e. The van der Waals surface area contributed by atoms with E-state index in [-0.39, 0.29) is 18.8 Å². The molecule has 1 aliphatic heterocycles. The van der Waals surface area contributed by atoms with Crippen LogP contribution in [0.1, 0.15) is 44.6 Å². The van der Waals surface area contributed by atoms with E-state index >= 15 is 0 Å². The van der Waals surface area contributed by atoms with Crippen LogP contribution in [0.25, 0.3) is 0 Å². The summed E-state index contributed by atoms with van der Waals surface area (Å²) in [5.41, 5.74) is -0.394. The van der Waals surface area contributed by atoms with Crippen molar-refractivity contribution in [2.45, 2.75) is 52.4 Å². The Labute approximate surface area is 203 Å². The molecule has 0 aliphatic carbocycles. The summed E-state index contributed by atoms with van der Waals surface area (Å²) in [5, 5.41) is 12.5. The molecule has 1 amide bonds. The molecule has 0 spiro atoms. The van der Waals surface area contributed by atoms with Gasteiger partial charge in [-0.15, -0.1) is 0 Å². The van der Waals surface area contributed by atoms with Gasteiger partial charge in [0, 0.05) is 25.5 Å². The fourth-order valence-corrected chi connectivity index (χ4v) is 3.31. The van der Waals surface area contributed by atoms with Gasteiger partial charge in [-0.25, -0.2) is 9.78 Å². The fourth-order valence-electron chi connectivity index (χ4n) is 3.31. The summed E-state index contributed by atoms with van der Waals surface area (Å²) in [6.07, 6.45) is -0.762. The van der Waals surface area contributed by atoms with Crippen LogP contribution in [0.15, 0.2) is 12.3 Å². The predicted octanol–water partition coefficient (Wildman–Crippen LogP) is 0.993. The molecular formula is C23H32N2O10. The van der Waals surface area contributed by atoms with Crippen LogP contribution in [0, 0.1) is 11.8 Å². The van der Waals surface area contributed by atoms with Crippen LogP contribution >= 0.6 is 0 Å². The second-order valence-corrected chi connectivity index (χ2v) is 8.16. The molecule has 0 unspecified atom stereocenters. The third-order valence-corrected chi connectivity index (χ3v) is 5.27. The third-order valence-electron chi connectivity index (χ3n) is 5.27. The molecule has 0 saturated carbocycles. The third kappa shape index (κ3) is 7.28. The number of esters is 3. The van der Waals surface area contributed by atoms with E-state index in [4.69, 9.17) is 23.7 Å². The Morgan fingerprint density at radius 1 is 1.29 bits per heavy atom. The summed E-state index contributed by atoms with van der Waals surface area (Å²) >= 11 is 0. The maximum absolute atomic E-state index is 12.9. The highest BCUT2D eigenvalue weighted by Gasteiger charge is 2.42. The maximum atomic E-state index is 12.9. The van der Waals surface area contributed by atoms with Crippen molar-refractivity contribution in [2.75, 3.05) is 26.9 Å². The quantitative estimate of drug-likeness (QED) is 0.285. The molecule has 194 valence electrons. The largest absolute Gasteiger partial charge is 0.503 e. The first-order valence-corrected chi connectivity index (χ1v) is 11.3. The molecule has 0 radical (unpaired) electrons. The zero-order valence-corrected chi connectivity index (χ0v) is 20.4. The monoisotopic (exact) mass is 496 g/mol. The van der Waals surface area contributed by atoms with Crippen LogP contribution in [0.4, 0.5) is 0 Å². The van der Waals surface area contributed by atoms with E-state index < -0.39 is 72.0 Å². The number of amides is 1. The van der Waals surface area contributed by atoms with E-state index in [1.807, 2.05) is 0 Å². The number of aromatic hydroxyl groups is 1. The number of nitrogens with zero attached hydrogens (tertiary/aromatic N) is 1. The molecular weight excluding hydrogens is 464 g/mol. The summed E-state index contributed by atoms with van der Waals surface area (Å²) in [7, 11) is 1.30. The lowest BCUT2D eigenvalue weighted by atomic mass is 9.94. The summed E-state index contributed by atoms with van der Waals surface area (Å²) < 4.78 is 26.6. The minimum atomic E-state index is -1.41. The minimum absolute atomic E-state index is 0.00851. The molecule has 1 aromatic rings. The van der Waals surface area contributed by atoms with Gasteiger partial charge in [0.05, 0.1) is 18.9 Å². The topological polar surface area (TPSA) is 160 Å². The van der Waals surface area contributed by atoms with Crippen molar-refractivity contribution in [2.24, 2.45) is 11.8 Å². The Morgan fingerprint density at radius 2 is 2.00 bits per heavy atom. The van der Waals surface area contributed by atoms with Gasteiger partial charge >= 0.3 is 17.9 Å². The second-order valence-electron chi connectivity index (χ2n) is 8.16. The van der Waals surface area contributed by atoms with Crippen molar-refractivity contribution in [1.29, 1.82) is 0 Å².